The lowest BCUT2D eigenvalue weighted by atomic mass is 9.80. The maximum Gasteiger partial charge on any atom is 0.220 e. The van der Waals surface area contributed by atoms with E-state index in [-0.39, 0.29) is 11.4 Å². The monoisotopic (exact) mass is 308 g/mol. The van der Waals surface area contributed by atoms with Crippen LogP contribution in [0.2, 0.25) is 0 Å². The highest BCUT2D eigenvalue weighted by molar-refractivity contribution is 5.77. The van der Waals surface area contributed by atoms with Gasteiger partial charge in [-0.3, -0.25) is 4.79 Å². The van der Waals surface area contributed by atoms with Crippen LogP contribution in [0.1, 0.15) is 64.2 Å². The molecule has 1 amide bonds. The van der Waals surface area contributed by atoms with E-state index in [1.54, 1.807) is 0 Å². The van der Waals surface area contributed by atoms with Gasteiger partial charge < -0.3 is 15.0 Å². The lowest BCUT2D eigenvalue weighted by molar-refractivity contribution is -0.125. The molecule has 0 unspecified atom stereocenters. The molecular formula is C18H32N2O2. The number of carbonyl (C=O) groups excluding carboxylic acids is 1. The summed E-state index contributed by atoms with van der Waals surface area (Å²) in [5.74, 6) is 0.692. The van der Waals surface area contributed by atoms with Crippen LogP contribution in [0, 0.1) is 5.92 Å². The Bertz CT molecular complexity index is 354. The summed E-state index contributed by atoms with van der Waals surface area (Å²) < 4.78 is 5.52. The molecule has 0 aromatic heterocycles. The Hall–Kier alpha value is -0.610. The lowest BCUT2D eigenvalue weighted by Crippen LogP contribution is -2.56. The quantitative estimate of drug-likeness (QED) is 0.849. The summed E-state index contributed by atoms with van der Waals surface area (Å²) in [6.07, 6.45) is 11.7. The van der Waals surface area contributed by atoms with Crippen molar-refractivity contribution in [3.8, 4) is 0 Å². The van der Waals surface area contributed by atoms with Crippen molar-refractivity contribution in [3.63, 3.8) is 0 Å². The van der Waals surface area contributed by atoms with Crippen molar-refractivity contribution >= 4 is 5.91 Å². The van der Waals surface area contributed by atoms with Crippen LogP contribution in [-0.2, 0) is 9.53 Å². The van der Waals surface area contributed by atoms with Crippen LogP contribution in [0.4, 0.5) is 0 Å². The number of ether oxygens (including phenoxy) is 1. The summed E-state index contributed by atoms with van der Waals surface area (Å²) in [7, 11) is 0. The Balaban J connectivity index is 1.55. The largest absolute Gasteiger partial charge is 0.381 e. The highest BCUT2D eigenvalue weighted by atomic mass is 16.5. The topological polar surface area (TPSA) is 41.6 Å². The molecule has 1 aliphatic carbocycles. The predicted molar refractivity (Wildman–Crippen MR) is 87.8 cm³/mol. The molecule has 4 nitrogen and oxygen atoms in total. The van der Waals surface area contributed by atoms with Crippen LogP contribution >= 0.6 is 0 Å². The molecule has 0 bridgehead atoms. The number of hydrogen-bond acceptors (Lipinski definition) is 3. The first-order valence-corrected chi connectivity index (χ1v) is 9.37. The molecule has 2 aliphatic heterocycles. The molecule has 0 spiro atoms. The molecule has 0 aromatic carbocycles. The van der Waals surface area contributed by atoms with Gasteiger partial charge in [0.05, 0.1) is 5.54 Å². The van der Waals surface area contributed by atoms with E-state index in [0.29, 0.717) is 12.3 Å². The summed E-state index contributed by atoms with van der Waals surface area (Å²) >= 11 is 0. The third-order valence-corrected chi connectivity index (χ3v) is 5.67. The van der Waals surface area contributed by atoms with Gasteiger partial charge in [-0.2, -0.15) is 0 Å². The zero-order valence-electron chi connectivity index (χ0n) is 13.9. The number of hydrogen-bond donors (Lipinski definition) is 1. The van der Waals surface area contributed by atoms with Crippen LogP contribution in [0.5, 0.6) is 0 Å². The normalized spacial score (nSPS) is 29.4. The van der Waals surface area contributed by atoms with E-state index in [2.05, 4.69) is 10.2 Å². The highest BCUT2D eigenvalue weighted by Crippen LogP contribution is 2.30. The Morgan fingerprint density at radius 1 is 1.09 bits per heavy atom. The van der Waals surface area contributed by atoms with Crippen molar-refractivity contribution in [2.75, 3.05) is 32.8 Å². The van der Waals surface area contributed by atoms with Gasteiger partial charge in [0.15, 0.2) is 0 Å². The zero-order chi connectivity index (χ0) is 15.3. The van der Waals surface area contributed by atoms with Gasteiger partial charge in [-0.05, 0) is 57.5 Å². The fraction of sp³-hybridized carbons (Fsp3) is 0.944. The number of nitrogens with zero attached hydrogens (tertiary/aromatic N) is 1. The van der Waals surface area contributed by atoms with E-state index in [1.165, 1.54) is 45.2 Å². The smallest absolute Gasteiger partial charge is 0.220 e. The maximum absolute atomic E-state index is 12.6. The summed E-state index contributed by atoms with van der Waals surface area (Å²) in [6, 6.07) is 0. The Morgan fingerprint density at radius 3 is 2.55 bits per heavy atom. The fourth-order valence-corrected chi connectivity index (χ4v) is 4.50. The average Bonchev–Trinajstić information content (AvgIpc) is 3.01. The fourth-order valence-electron chi connectivity index (χ4n) is 4.50. The number of carbonyl (C=O) groups is 1. The molecule has 126 valence electrons. The molecule has 1 N–H and O–H groups in total. The summed E-state index contributed by atoms with van der Waals surface area (Å²) in [5.41, 5.74) is 0.0508. The van der Waals surface area contributed by atoms with Gasteiger partial charge in [-0.25, -0.2) is 0 Å². The Kier molecular flexibility index (Phi) is 5.75. The molecule has 1 saturated carbocycles. The van der Waals surface area contributed by atoms with Crippen LogP contribution in [0.3, 0.4) is 0 Å². The van der Waals surface area contributed by atoms with Crippen molar-refractivity contribution in [2.24, 2.45) is 5.92 Å². The first-order chi connectivity index (χ1) is 10.8. The van der Waals surface area contributed by atoms with Crippen LogP contribution in [0.15, 0.2) is 0 Å². The second kappa shape index (κ2) is 7.78. The molecule has 2 saturated heterocycles. The zero-order valence-corrected chi connectivity index (χ0v) is 13.9. The molecule has 0 aromatic rings. The minimum Gasteiger partial charge on any atom is -0.381 e. The number of rotatable bonds is 5. The van der Waals surface area contributed by atoms with Crippen LogP contribution in [0.25, 0.3) is 0 Å². The second-order valence-corrected chi connectivity index (χ2v) is 7.66. The third-order valence-electron chi connectivity index (χ3n) is 5.67. The van der Waals surface area contributed by atoms with Gasteiger partial charge in [-0.1, -0.05) is 19.3 Å². The lowest BCUT2D eigenvalue weighted by Gasteiger charge is -2.41. The molecule has 3 aliphatic rings. The van der Waals surface area contributed by atoms with Crippen LogP contribution in [-0.4, -0.2) is 49.2 Å². The van der Waals surface area contributed by atoms with Gasteiger partial charge >= 0.3 is 0 Å². The standard InChI is InChI=1S/C18H32N2O2/c21-17(13-16-7-6-12-22-14-16)19-18(8-2-1-3-9-18)15-20-10-4-5-11-20/h16H,1-15H2,(H,19,21)/t16-/m1/s1. The van der Waals surface area contributed by atoms with Crippen molar-refractivity contribution in [2.45, 2.75) is 69.7 Å². The van der Waals surface area contributed by atoms with E-state index >= 15 is 0 Å². The third kappa shape index (κ3) is 4.45. The van der Waals surface area contributed by atoms with Crippen molar-refractivity contribution in [3.05, 3.63) is 0 Å². The number of nitrogens with one attached hydrogen (secondary N) is 1. The molecule has 1 atom stereocenters. The van der Waals surface area contributed by atoms with E-state index in [0.717, 1.165) is 45.4 Å². The highest BCUT2D eigenvalue weighted by Gasteiger charge is 2.36. The van der Waals surface area contributed by atoms with E-state index in [9.17, 15) is 4.79 Å². The van der Waals surface area contributed by atoms with E-state index < -0.39 is 0 Å². The molecule has 0 radical (unpaired) electrons. The minimum absolute atomic E-state index is 0.0508. The molecule has 3 fully saturated rings. The molecule has 3 rings (SSSR count). The van der Waals surface area contributed by atoms with Gasteiger partial charge in [0.2, 0.25) is 5.91 Å². The minimum atomic E-state index is 0.0508. The predicted octanol–water partition coefficient (Wildman–Crippen LogP) is 2.72. The van der Waals surface area contributed by atoms with Crippen molar-refractivity contribution in [1.82, 2.24) is 10.2 Å². The number of amides is 1. The first kappa shape index (κ1) is 16.3. The van der Waals surface area contributed by atoms with Gasteiger partial charge in [0.25, 0.3) is 0 Å². The summed E-state index contributed by atoms with van der Waals surface area (Å²) in [6.45, 7) is 5.14. The Morgan fingerprint density at radius 2 is 1.86 bits per heavy atom. The molecule has 4 heteroatoms. The van der Waals surface area contributed by atoms with Gasteiger partial charge in [0, 0.05) is 26.2 Å². The van der Waals surface area contributed by atoms with Crippen molar-refractivity contribution in [1.29, 1.82) is 0 Å². The SMILES string of the molecule is O=C(C[C@H]1CCCOC1)NC1(CN2CCCC2)CCCCC1. The van der Waals surface area contributed by atoms with Gasteiger partial charge in [-0.15, -0.1) is 0 Å². The van der Waals surface area contributed by atoms with E-state index in [4.69, 9.17) is 4.74 Å². The molecule has 22 heavy (non-hydrogen) atoms. The van der Waals surface area contributed by atoms with E-state index in [1.807, 2.05) is 0 Å². The number of likely N-dealkylation sites (tertiary alicyclic amines) is 1. The van der Waals surface area contributed by atoms with Gasteiger partial charge in [0.1, 0.15) is 0 Å². The first-order valence-electron chi connectivity index (χ1n) is 9.37. The molecular weight excluding hydrogens is 276 g/mol. The van der Waals surface area contributed by atoms with Crippen LogP contribution < -0.4 is 5.32 Å². The van der Waals surface area contributed by atoms with Crippen molar-refractivity contribution < 1.29 is 9.53 Å². The summed E-state index contributed by atoms with van der Waals surface area (Å²) in [4.78, 5) is 15.1. The maximum atomic E-state index is 12.6. The average molecular weight is 308 g/mol. The second-order valence-electron chi connectivity index (χ2n) is 7.66. The molecule has 2 heterocycles. The summed E-state index contributed by atoms with van der Waals surface area (Å²) in [5, 5.41) is 3.47. The Labute approximate surface area is 135 Å².